The number of fused-ring (bicyclic) bond motifs is 2. The first kappa shape index (κ1) is 14.6. The molecule has 7 heteroatoms. The molecule has 0 bridgehead atoms. The number of aromatic nitrogens is 4. The van der Waals surface area contributed by atoms with E-state index in [2.05, 4.69) is 16.9 Å². The van der Waals surface area contributed by atoms with Gasteiger partial charge in [0.15, 0.2) is 0 Å². The maximum absolute atomic E-state index is 12.6. The summed E-state index contributed by atoms with van der Waals surface area (Å²) < 4.78 is 3.76. The second-order valence-electron chi connectivity index (χ2n) is 6.03. The summed E-state index contributed by atoms with van der Waals surface area (Å²) in [5, 5.41) is 7.00. The fourth-order valence-electron chi connectivity index (χ4n) is 3.12. The summed E-state index contributed by atoms with van der Waals surface area (Å²) >= 11 is 1.54. The van der Waals surface area contributed by atoms with Crippen molar-refractivity contribution in [3.05, 3.63) is 45.1 Å². The average Bonchev–Trinajstić information content (AvgIpc) is 3.06. The lowest BCUT2D eigenvalue weighted by Gasteiger charge is -2.18. The van der Waals surface area contributed by atoms with Crippen LogP contribution in [0.15, 0.2) is 22.4 Å². The number of hydrogen-bond donors (Lipinski definition) is 0. The fraction of sp³-hybridized carbons (Fsp3) is 0.438. The highest BCUT2D eigenvalue weighted by Crippen LogP contribution is 2.18. The number of aryl methyl sites for hydroxylation is 1. The Hall–Kier alpha value is -1.99. The molecule has 0 saturated heterocycles. The highest BCUT2D eigenvalue weighted by molar-refractivity contribution is 7.16. The molecule has 3 aromatic heterocycles. The molecule has 1 aliphatic heterocycles. The van der Waals surface area contributed by atoms with Crippen LogP contribution in [0.1, 0.15) is 17.1 Å². The van der Waals surface area contributed by atoms with E-state index in [0.717, 1.165) is 42.1 Å². The lowest BCUT2D eigenvalue weighted by molar-refractivity contribution is 0.270. The van der Waals surface area contributed by atoms with Gasteiger partial charge in [-0.15, -0.1) is 11.3 Å². The first-order valence-electron chi connectivity index (χ1n) is 7.80. The summed E-state index contributed by atoms with van der Waals surface area (Å²) in [6.07, 6.45) is 2.75. The van der Waals surface area contributed by atoms with Crippen LogP contribution in [0.4, 0.5) is 0 Å². The highest BCUT2D eigenvalue weighted by atomic mass is 32.1. The predicted molar refractivity (Wildman–Crippen MR) is 90.8 cm³/mol. The number of rotatable bonds is 2. The molecule has 1 aliphatic rings. The molecule has 0 atom stereocenters. The molecule has 0 spiro atoms. The van der Waals surface area contributed by atoms with Crippen LogP contribution in [0.2, 0.25) is 0 Å². The van der Waals surface area contributed by atoms with Crippen LogP contribution in [0.3, 0.4) is 0 Å². The maximum Gasteiger partial charge on any atom is 0.262 e. The lowest BCUT2D eigenvalue weighted by Crippen LogP contribution is -2.28. The first-order chi connectivity index (χ1) is 11.1. The van der Waals surface area contributed by atoms with E-state index >= 15 is 0 Å². The first-order valence-corrected chi connectivity index (χ1v) is 8.68. The van der Waals surface area contributed by atoms with E-state index in [1.165, 1.54) is 11.3 Å². The van der Waals surface area contributed by atoms with Crippen molar-refractivity contribution in [2.24, 2.45) is 7.05 Å². The zero-order valence-corrected chi connectivity index (χ0v) is 14.1. The van der Waals surface area contributed by atoms with Gasteiger partial charge in [-0.1, -0.05) is 0 Å². The van der Waals surface area contributed by atoms with E-state index in [9.17, 15) is 4.79 Å². The van der Waals surface area contributed by atoms with Crippen LogP contribution < -0.4 is 5.56 Å². The van der Waals surface area contributed by atoms with Crippen LogP contribution in [-0.4, -0.2) is 37.3 Å². The Balaban J connectivity index is 1.60. The van der Waals surface area contributed by atoms with E-state index in [4.69, 9.17) is 4.98 Å². The Morgan fingerprint density at radius 3 is 2.96 bits per heavy atom. The van der Waals surface area contributed by atoms with Gasteiger partial charge in [-0.25, -0.2) is 4.98 Å². The van der Waals surface area contributed by atoms with E-state index in [1.54, 1.807) is 11.3 Å². The van der Waals surface area contributed by atoms with Crippen molar-refractivity contribution in [2.75, 3.05) is 13.1 Å². The van der Waals surface area contributed by atoms with E-state index in [0.29, 0.717) is 6.54 Å². The largest absolute Gasteiger partial charge is 0.297 e. The van der Waals surface area contributed by atoms with Crippen LogP contribution in [0, 0.1) is 6.92 Å². The van der Waals surface area contributed by atoms with Gasteiger partial charge in [-0.3, -0.25) is 18.9 Å². The molecule has 0 fully saturated rings. The maximum atomic E-state index is 12.6. The van der Waals surface area contributed by atoms with Crippen LogP contribution in [0.25, 0.3) is 10.2 Å². The molecule has 3 aromatic rings. The minimum absolute atomic E-state index is 0.102. The van der Waals surface area contributed by atoms with Crippen molar-refractivity contribution in [3.8, 4) is 0 Å². The summed E-state index contributed by atoms with van der Waals surface area (Å²) in [4.78, 5) is 20.5. The predicted octanol–water partition coefficient (Wildman–Crippen LogP) is 1.56. The Labute approximate surface area is 138 Å². The monoisotopic (exact) mass is 329 g/mol. The van der Waals surface area contributed by atoms with Gasteiger partial charge in [0.1, 0.15) is 10.7 Å². The minimum Gasteiger partial charge on any atom is -0.297 e. The zero-order valence-electron chi connectivity index (χ0n) is 13.3. The molecule has 0 amide bonds. The third kappa shape index (κ3) is 2.49. The van der Waals surface area contributed by atoms with Gasteiger partial charge in [0, 0.05) is 50.9 Å². The van der Waals surface area contributed by atoms with Crippen molar-refractivity contribution in [1.82, 2.24) is 24.2 Å². The van der Waals surface area contributed by atoms with E-state index in [-0.39, 0.29) is 5.56 Å². The van der Waals surface area contributed by atoms with Crippen LogP contribution >= 0.6 is 11.3 Å². The molecule has 6 nitrogen and oxygen atoms in total. The van der Waals surface area contributed by atoms with E-state index in [1.807, 2.05) is 33.9 Å². The van der Waals surface area contributed by atoms with Gasteiger partial charge >= 0.3 is 0 Å². The average molecular weight is 329 g/mol. The molecule has 0 radical (unpaired) electrons. The van der Waals surface area contributed by atoms with Crippen molar-refractivity contribution >= 4 is 21.6 Å². The van der Waals surface area contributed by atoms with Crippen molar-refractivity contribution < 1.29 is 0 Å². The summed E-state index contributed by atoms with van der Waals surface area (Å²) in [7, 11) is 1.97. The Morgan fingerprint density at radius 1 is 1.30 bits per heavy atom. The Bertz CT molecular complexity index is 922. The Kier molecular flexibility index (Phi) is 3.54. The number of thiophene rings is 1. The van der Waals surface area contributed by atoms with Crippen molar-refractivity contribution in [2.45, 2.75) is 26.4 Å². The normalized spacial score (nSPS) is 15.7. The van der Waals surface area contributed by atoms with Gasteiger partial charge in [0.25, 0.3) is 5.56 Å². The van der Waals surface area contributed by atoms with Gasteiger partial charge in [0.05, 0.1) is 11.6 Å². The lowest BCUT2D eigenvalue weighted by atomic mass is 10.2. The topological polar surface area (TPSA) is 56.0 Å². The number of nitrogens with zero attached hydrogens (tertiary/aromatic N) is 5. The highest BCUT2D eigenvalue weighted by Gasteiger charge is 2.19. The minimum atomic E-state index is 0.102. The summed E-state index contributed by atoms with van der Waals surface area (Å²) in [6, 6.07) is 1.88. The van der Waals surface area contributed by atoms with Gasteiger partial charge in [-0.2, -0.15) is 5.10 Å². The Morgan fingerprint density at radius 2 is 2.17 bits per heavy atom. The summed E-state index contributed by atoms with van der Waals surface area (Å²) in [5.74, 6) is 0.912. The molecule has 0 aliphatic carbocycles. The summed E-state index contributed by atoms with van der Waals surface area (Å²) in [6.45, 7) is 5.44. The molecule has 0 N–H and O–H groups in total. The smallest absolute Gasteiger partial charge is 0.262 e. The standard InChI is InChI=1S/C16H19N5OS/c1-11-12(9-17-19(11)2)10-20-5-3-14-18-15-13(4-8-23-15)16(22)21(14)7-6-20/h4,8-9H,3,5-7,10H2,1-2H3. The third-order valence-electron chi connectivity index (χ3n) is 4.68. The van der Waals surface area contributed by atoms with Gasteiger partial charge < -0.3 is 0 Å². The molecule has 4 heterocycles. The van der Waals surface area contributed by atoms with Gasteiger partial charge in [0.2, 0.25) is 0 Å². The molecule has 0 saturated carbocycles. The quantitative estimate of drug-likeness (QED) is 0.716. The second-order valence-corrected chi connectivity index (χ2v) is 6.92. The molecular formula is C16H19N5OS. The van der Waals surface area contributed by atoms with E-state index < -0.39 is 0 Å². The van der Waals surface area contributed by atoms with Gasteiger partial charge in [-0.05, 0) is 18.4 Å². The molecule has 4 rings (SSSR count). The fourth-order valence-corrected chi connectivity index (χ4v) is 3.90. The van der Waals surface area contributed by atoms with Crippen molar-refractivity contribution in [3.63, 3.8) is 0 Å². The molecule has 23 heavy (non-hydrogen) atoms. The third-order valence-corrected chi connectivity index (χ3v) is 5.49. The SMILES string of the molecule is Cc1c(CN2CCc3nc4sccc4c(=O)n3CC2)cnn1C. The second kappa shape index (κ2) is 5.58. The number of hydrogen-bond acceptors (Lipinski definition) is 5. The van der Waals surface area contributed by atoms with Crippen molar-refractivity contribution in [1.29, 1.82) is 0 Å². The molecular weight excluding hydrogens is 310 g/mol. The summed E-state index contributed by atoms with van der Waals surface area (Å²) in [5.41, 5.74) is 2.55. The van der Waals surface area contributed by atoms with Crippen LogP contribution in [-0.2, 0) is 26.6 Å². The molecule has 0 aromatic carbocycles. The molecule has 0 unspecified atom stereocenters. The molecule has 120 valence electrons. The van der Waals surface area contributed by atoms with Crippen LogP contribution in [0.5, 0.6) is 0 Å². The zero-order chi connectivity index (χ0) is 16.0.